The van der Waals surface area contributed by atoms with Crippen LogP contribution in [0.5, 0.6) is 0 Å². The van der Waals surface area contributed by atoms with E-state index in [2.05, 4.69) is 29.2 Å². The van der Waals surface area contributed by atoms with E-state index in [-0.39, 0.29) is 18.2 Å². The molecule has 0 amide bonds. The number of halogens is 6. The van der Waals surface area contributed by atoms with Gasteiger partial charge in [-0.25, -0.2) is 4.39 Å². The number of hydrogen-bond acceptors (Lipinski definition) is 3. The summed E-state index contributed by atoms with van der Waals surface area (Å²) in [5, 5.41) is -1.15. The van der Waals surface area contributed by atoms with Crippen molar-refractivity contribution < 1.29 is 27.1 Å². The molecule has 1 fully saturated rings. The van der Waals surface area contributed by atoms with E-state index >= 15 is 0 Å². The van der Waals surface area contributed by atoms with Crippen molar-refractivity contribution in [1.82, 2.24) is 4.90 Å². The Bertz CT molecular complexity index is 1620. The SMILES string of the molecule is O=C(C=C(c1cc(Cl)c(F)c(Cl)c1)C(F)(F)F)c1ccc2c(c1)COC21CN(C(c2ccccc2)c2ccccc2)C1. The minimum atomic E-state index is -4.91. The Morgan fingerprint density at radius 2 is 1.43 bits per heavy atom. The van der Waals surface area contributed by atoms with Gasteiger partial charge in [0, 0.05) is 18.7 Å². The fourth-order valence-corrected chi connectivity index (χ4v) is 6.28. The van der Waals surface area contributed by atoms with Crippen molar-refractivity contribution in [2.45, 2.75) is 24.4 Å². The number of nitrogens with zero attached hydrogens (tertiary/aromatic N) is 1. The Morgan fingerprint density at radius 1 is 0.857 bits per heavy atom. The molecule has 0 bridgehead atoms. The van der Waals surface area contributed by atoms with Crippen LogP contribution in [0.2, 0.25) is 10.0 Å². The number of carbonyl (C=O) groups excluding carboxylic acids is 1. The third-order valence-corrected chi connectivity index (χ3v) is 8.32. The van der Waals surface area contributed by atoms with Crippen molar-refractivity contribution in [3.05, 3.63) is 146 Å². The zero-order valence-corrected chi connectivity index (χ0v) is 23.5. The average molecular weight is 612 g/mol. The number of allylic oxidation sites excluding steroid dienone is 2. The molecule has 2 heterocycles. The molecule has 0 aromatic heterocycles. The van der Waals surface area contributed by atoms with E-state index in [1.807, 2.05) is 36.4 Å². The molecular weight excluding hydrogens is 589 g/mol. The van der Waals surface area contributed by atoms with Gasteiger partial charge in [0.2, 0.25) is 0 Å². The third kappa shape index (κ3) is 5.26. The Morgan fingerprint density at radius 3 is 1.98 bits per heavy atom. The average Bonchev–Trinajstić information content (AvgIpc) is 3.34. The minimum Gasteiger partial charge on any atom is -0.363 e. The number of alkyl halides is 3. The van der Waals surface area contributed by atoms with Gasteiger partial charge < -0.3 is 4.74 Å². The van der Waals surface area contributed by atoms with Gasteiger partial charge in [0.05, 0.1) is 28.3 Å². The van der Waals surface area contributed by atoms with Gasteiger partial charge in [0.1, 0.15) is 5.60 Å². The summed E-state index contributed by atoms with van der Waals surface area (Å²) in [4.78, 5) is 15.4. The summed E-state index contributed by atoms with van der Waals surface area (Å²) in [6.45, 7) is 1.47. The lowest BCUT2D eigenvalue weighted by atomic mass is 9.81. The number of likely N-dealkylation sites (tertiary alicyclic amines) is 1. The van der Waals surface area contributed by atoms with Crippen molar-refractivity contribution in [3.63, 3.8) is 0 Å². The first-order chi connectivity index (χ1) is 20.1. The molecule has 214 valence electrons. The maximum Gasteiger partial charge on any atom is 0.417 e. The van der Waals surface area contributed by atoms with E-state index in [1.54, 1.807) is 12.1 Å². The van der Waals surface area contributed by atoms with Gasteiger partial charge in [-0.2, -0.15) is 13.2 Å². The molecule has 6 rings (SSSR count). The number of ether oxygens (including phenoxy) is 1. The highest BCUT2D eigenvalue weighted by Gasteiger charge is 2.52. The van der Waals surface area contributed by atoms with Crippen LogP contribution in [-0.4, -0.2) is 29.9 Å². The van der Waals surface area contributed by atoms with E-state index < -0.39 is 44.6 Å². The molecule has 0 aliphatic carbocycles. The van der Waals surface area contributed by atoms with E-state index in [0.717, 1.165) is 34.4 Å². The van der Waals surface area contributed by atoms with Crippen molar-refractivity contribution in [3.8, 4) is 0 Å². The Hall–Kier alpha value is -3.49. The van der Waals surface area contributed by atoms with Crippen molar-refractivity contribution in [2.75, 3.05) is 13.1 Å². The first-order valence-corrected chi connectivity index (χ1v) is 13.9. The van der Waals surface area contributed by atoms with Crippen molar-refractivity contribution >= 4 is 34.6 Å². The van der Waals surface area contributed by atoms with E-state index in [4.69, 9.17) is 27.9 Å². The standard InChI is InChI=1S/C33H23Cl2F4NO2/c34-27-14-23(15-28(35)30(27)36)26(33(37,38)39)16-29(41)22-11-12-25-24(13-22)17-42-32(25)18-40(19-32)31(20-7-3-1-4-8-20)21-9-5-2-6-10-21/h1-16,31H,17-19H2. The van der Waals surface area contributed by atoms with Crippen molar-refractivity contribution in [1.29, 1.82) is 0 Å². The number of fused-ring (bicyclic) bond motifs is 2. The maximum absolute atomic E-state index is 13.9. The monoisotopic (exact) mass is 611 g/mol. The maximum atomic E-state index is 13.9. The first kappa shape index (κ1) is 28.6. The molecule has 0 N–H and O–H groups in total. The molecule has 9 heteroatoms. The summed E-state index contributed by atoms with van der Waals surface area (Å²) >= 11 is 11.4. The van der Waals surface area contributed by atoms with Crippen LogP contribution in [0.25, 0.3) is 5.57 Å². The molecule has 0 unspecified atom stereocenters. The summed E-state index contributed by atoms with van der Waals surface area (Å²) < 4.78 is 61.9. The smallest absolute Gasteiger partial charge is 0.363 e. The van der Waals surface area contributed by atoms with Crippen LogP contribution in [0.4, 0.5) is 17.6 Å². The molecule has 4 aromatic carbocycles. The second-order valence-corrected chi connectivity index (χ2v) is 11.3. The number of benzene rings is 4. The largest absolute Gasteiger partial charge is 0.417 e. The van der Waals surface area contributed by atoms with Crippen LogP contribution in [0.3, 0.4) is 0 Å². The van der Waals surface area contributed by atoms with E-state index in [0.29, 0.717) is 19.2 Å². The van der Waals surface area contributed by atoms with Gasteiger partial charge in [-0.15, -0.1) is 0 Å². The number of ketones is 1. The van der Waals surface area contributed by atoms with E-state index in [1.165, 1.54) is 6.07 Å². The fraction of sp³-hybridized carbons (Fsp3) is 0.182. The van der Waals surface area contributed by atoms with Crippen LogP contribution in [0, 0.1) is 5.82 Å². The molecule has 0 radical (unpaired) electrons. The molecule has 1 spiro atoms. The predicted octanol–water partition coefficient (Wildman–Crippen LogP) is 8.79. The summed E-state index contributed by atoms with van der Waals surface area (Å²) in [6, 6.07) is 26.9. The first-order valence-electron chi connectivity index (χ1n) is 13.2. The summed E-state index contributed by atoms with van der Waals surface area (Å²) in [6.07, 6.45) is -4.42. The van der Waals surface area contributed by atoms with Gasteiger partial charge in [-0.1, -0.05) is 96.0 Å². The highest BCUT2D eigenvalue weighted by molar-refractivity contribution is 6.35. The Balaban J connectivity index is 1.26. The van der Waals surface area contributed by atoms with Gasteiger partial charge in [-0.3, -0.25) is 9.69 Å². The molecule has 0 saturated carbocycles. The highest BCUT2D eigenvalue weighted by atomic mass is 35.5. The molecule has 3 nitrogen and oxygen atoms in total. The topological polar surface area (TPSA) is 29.5 Å². The molecular formula is C33H23Cl2F4NO2. The summed E-state index contributed by atoms with van der Waals surface area (Å²) in [7, 11) is 0. The van der Waals surface area contributed by atoms with E-state index in [9.17, 15) is 22.4 Å². The van der Waals surface area contributed by atoms with Crippen LogP contribution in [0.1, 0.15) is 44.2 Å². The van der Waals surface area contributed by atoms with Crippen LogP contribution in [0.15, 0.2) is 97.1 Å². The second-order valence-electron chi connectivity index (χ2n) is 10.5. The lowest BCUT2D eigenvalue weighted by Gasteiger charge is -2.51. The van der Waals surface area contributed by atoms with Crippen LogP contribution in [-0.2, 0) is 16.9 Å². The Labute approximate surface area is 249 Å². The molecule has 42 heavy (non-hydrogen) atoms. The van der Waals surface area contributed by atoms with Gasteiger partial charge in [-0.05, 0) is 52.1 Å². The predicted molar refractivity (Wildman–Crippen MR) is 154 cm³/mol. The Kier molecular flexibility index (Phi) is 7.48. The van der Waals surface area contributed by atoms with Gasteiger partial charge >= 0.3 is 6.18 Å². The van der Waals surface area contributed by atoms with Gasteiger partial charge in [0.15, 0.2) is 11.6 Å². The molecule has 2 aliphatic heterocycles. The summed E-state index contributed by atoms with van der Waals surface area (Å²) in [5.74, 6) is -1.89. The lowest BCUT2D eigenvalue weighted by molar-refractivity contribution is -0.151. The van der Waals surface area contributed by atoms with Gasteiger partial charge in [0.25, 0.3) is 0 Å². The second kappa shape index (κ2) is 11.0. The zero-order chi connectivity index (χ0) is 29.6. The fourth-order valence-electron chi connectivity index (χ4n) is 5.80. The van der Waals surface area contributed by atoms with Crippen molar-refractivity contribution in [2.24, 2.45) is 0 Å². The highest BCUT2D eigenvalue weighted by Crippen LogP contribution is 2.48. The molecule has 1 saturated heterocycles. The number of hydrogen-bond donors (Lipinski definition) is 0. The normalized spacial score (nSPS) is 16.5. The summed E-state index contributed by atoms with van der Waals surface area (Å²) in [5.41, 5.74) is 1.75. The van der Waals surface area contributed by atoms with Crippen LogP contribution >= 0.6 is 23.2 Å². The molecule has 0 atom stereocenters. The zero-order valence-electron chi connectivity index (χ0n) is 22.0. The molecule has 4 aromatic rings. The third-order valence-electron chi connectivity index (χ3n) is 7.77. The molecule has 2 aliphatic rings. The number of carbonyl (C=O) groups is 1. The van der Waals surface area contributed by atoms with Crippen LogP contribution < -0.4 is 0 Å². The quantitative estimate of drug-likeness (QED) is 0.0944. The number of rotatable bonds is 6. The lowest BCUT2D eigenvalue weighted by Crippen LogP contribution is -2.60. The minimum absolute atomic E-state index is 0.0333.